The largest absolute Gasteiger partial charge is 0.493 e. The smallest absolute Gasteiger partial charge is 0.174 e. The predicted octanol–water partition coefficient (Wildman–Crippen LogP) is 2.65. The highest BCUT2D eigenvalue weighted by molar-refractivity contribution is 9.10. The van der Waals surface area contributed by atoms with Crippen LogP contribution in [0.5, 0.6) is 11.5 Å². The molecule has 0 aliphatic carbocycles. The van der Waals surface area contributed by atoms with Gasteiger partial charge in [0.1, 0.15) is 0 Å². The third-order valence-electron chi connectivity index (χ3n) is 4.03. The number of hydrogen-bond donors (Lipinski definition) is 0. The number of rotatable bonds is 6. The Hall–Kier alpha value is -0.780. The molecular weight excluding hydrogens is 332 g/mol. The van der Waals surface area contributed by atoms with Crippen molar-refractivity contribution in [3.8, 4) is 11.5 Å². The second-order valence-corrected chi connectivity index (χ2v) is 6.42. The average molecular weight is 357 g/mol. The van der Waals surface area contributed by atoms with Gasteiger partial charge in [-0.25, -0.2) is 0 Å². The van der Waals surface area contributed by atoms with Gasteiger partial charge >= 0.3 is 0 Å². The van der Waals surface area contributed by atoms with E-state index in [0.717, 1.165) is 22.4 Å². The Morgan fingerprint density at radius 3 is 2.43 bits per heavy atom. The summed E-state index contributed by atoms with van der Waals surface area (Å²) in [6.45, 7) is 5.90. The number of hydrogen-bond acceptors (Lipinski definition) is 4. The third kappa shape index (κ3) is 4.59. The maximum absolute atomic E-state index is 5.39. The van der Waals surface area contributed by atoms with Gasteiger partial charge in [-0.2, -0.15) is 0 Å². The van der Waals surface area contributed by atoms with Crippen LogP contribution in [-0.4, -0.2) is 63.8 Å². The molecular formula is C16H25BrN2O2. The lowest BCUT2D eigenvalue weighted by molar-refractivity contribution is 0.153. The first-order chi connectivity index (χ1) is 10.1. The minimum absolute atomic E-state index is 0.764. The van der Waals surface area contributed by atoms with Crippen molar-refractivity contribution in [2.24, 2.45) is 0 Å². The summed E-state index contributed by atoms with van der Waals surface area (Å²) in [6, 6.07) is 4.21. The summed E-state index contributed by atoms with van der Waals surface area (Å²) in [5.41, 5.74) is 1.29. The lowest BCUT2D eigenvalue weighted by atomic mass is 10.1. The van der Waals surface area contributed by atoms with Crippen molar-refractivity contribution in [3.63, 3.8) is 0 Å². The van der Waals surface area contributed by atoms with E-state index in [-0.39, 0.29) is 0 Å². The molecule has 0 spiro atoms. The number of benzene rings is 1. The van der Waals surface area contributed by atoms with Gasteiger partial charge in [-0.1, -0.05) is 0 Å². The molecule has 0 unspecified atom stereocenters. The van der Waals surface area contributed by atoms with Gasteiger partial charge in [0.05, 0.1) is 18.7 Å². The van der Waals surface area contributed by atoms with Crippen LogP contribution in [0.25, 0.3) is 0 Å². The SMILES string of the molecule is COc1cc(CCCN2CCN(C)CC2)cc(Br)c1OC. The van der Waals surface area contributed by atoms with Crippen LogP contribution < -0.4 is 9.47 Å². The number of aryl methyl sites for hydroxylation is 1. The fourth-order valence-corrected chi connectivity index (χ4v) is 3.35. The number of piperazine rings is 1. The Kier molecular flexibility index (Phi) is 6.33. The molecule has 1 fully saturated rings. The van der Waals surface area contributed by atoms with E-state index < -0.39 is 0 Å². The molecule has 0 saturated carbocycles. The maximum atomic E-state index is 5.39. The zero-order chi connectivity index (χ0) is 15.2. The van der Waals surface area contributed by atoms with Crippen LogP contribution in [0, 0.1) is 0 Å². The lowest BCUT2D eigenvalue weighted by Crippen LogP contribution is -2.44. The van der Waals surface area contributed by atoms with E-state index in [1.54, 1.807) is 14.2 Å². The van der Waals surface area contributed by atoms with Crippen LogP contribution in [0.3, 0.4) is 0 Å². The number of nitrogens with zero attached hydrogens (tertiary/aromatic N) is 2. The van der Waals surface area contributed by atoms with Crippen LogP contribution in [0.2, 0.25) is 0 Å². The topological polar surface area (TPSA) is 24.9 Å². The zero-order valence-corrected chi connectivity index (χ0v) is 14.8. The second-order valence-electron chi connectivity index (χ2n) is 5.56. The van der Waals surface area contributed by atoms with Gasteiger partial charge in [-0.15, -0.1) is 0 Å². The molecule has 1 aromatic rings. The van der Waals surface area contributed by atoms with Crippen molar-refractivity contribution in [1.29, 1.82) is 0 Å². The predicted molar refractivity (Wildman–Crippen MR) is 89.5 cm³/mol. The minimum atomic E-state index is 0.764. The summed E-state index contributed by atoms with van der Waals surface area (Å²) >= 11 is 3.55. The van der Waals surface area contributed by atoms with Crippen molar-refractivity contribution in [2.75, 3.05) is 54.0 Å². The van der Waals surface area contributed by atoms with E-state index in [1.807, 2.05) is 0 Å². The monoisotopic (exact) mass is 356 g/mol. The standard InChI is InChI=1S/C16H25BrN2O2/c1-18-7-9-19(10-8-18)6-4-5-13-11-14(17)16(21-3)15(12-13)20-2/h11-12H,4-10H2,1-3H3. The summed E-state index contributed by atoms with van der Waals surface area (Å²) in [5, 5.41) is 0. The number of halogens is 1. The van der Waals surface area contributed by atoms with Gasteiger partial charge in [0.2, 0.25) is 0 Å². The third-order valence-corrected chi connectivity index (χ3v) is 4.62. The van der Waals surface area contributed by atoms with Gasteiger partial charge in [-0.05, 0) is 60.1 Å². The molecule has 0 atom stereocenters. The lowest BCUT2D eigenvalue weighted by Gasteiger charge is -2.32. The van der Waals surface area contributed by atoms with E-state index in [2.05, 4.69) is 44.9 Å². The maximum Gasteiger partial charge on any atom is 0.174 e. The van der Waals surface area contributed by atoms with Gasteiger partial charge in [0.15, 0.2) is 11.5 Å². The average Bonchev–Trinajstić information content (AvgIpc) is 2.48. The van der Waals surface area contributed by atoms with Crippen molar-refractivity contribution in [1.82, 2.24) is 9.80 Å². The number of methoxy groups -OCH3 is 2. The van der Waals surface area contributed by atoms with Crippen molar-refractivity contribution in [3.05, 3.63) is 22.2 Å². The highest BCUT2D eigenvalue weighted by atomic mass is 79.9. The second kappa shape index (κ2) is 8.01. The van der Waals surface area contributed by atoms with Gasteiger partial charge in [0, 0.05) is 26.2 Å². The Bertz CT molecular complexity index is 460. The van der Waals surface area contributed by atoms with E-state index in [4.69, 9.17) is 9.47 Å². The Morgan fingerprint density at radius 2 is 1.81 bits per heavy atom. The first kappa shape index (κ1) is 16.6. The molecule has 0 N–H and O–H groups in total. The van der Waals surface area contributed by atoms with E-state index in [1.165, 1.54) is 44.7 Å². The fourth-order valence-electron chi connectivity index (χ4n) is 2.69. The van der Waals surface area contributed by atoms with E-state index >= 15 is 0 Å². The first-order valence-electron chi connectivity index (χ1n) is 7.45. The highest BCUT2D eigenvalue weighted by Gasteiger charge is 2.14. The molecule has 0 amide bonds. The molecule has 5 heteroatoms. The molecule has 1 aromatic carbocycles. The zero-order valence-electron chi connectivity index (χ0n) is 13.2. The molecule has 21 heavy (non-hydrogen) atoms. The molecule has 2 rings (SSSR count). The molecule has 118 valence electrons. The molecule has 0 radical (unpaired) electrons. The highest BCUT2D eigenvalue weighted by Crippen LogP contribution is 2.36. The van der Waals surface area contributed by atoms with E-state index in [9.17, 15) is 0 Å². The Balaban J connectivity index is 1.87. The fraction of sp³-hybridized carbons (Fsp3) is 0.625. The summed E-state index contributed by atoms with van der Waals surface area (Å²) in [5.74, 6) is 1.56. The van der Waals surface area contributed by atoms with Gasteiger partial charge < -0.3 is 19.3 Å². The van der Waals surface area contributed by atoms with E-state index in [0.29, 0.717) is 0 Å². The molecule has 0 aromatic heterocycles. The molecule has 1 aliphatic heterocycles. The Labute approximate surface area is 136 Å². The van der Waals surface area contributed by atoms with Crippen molar-refractivity contribution in [2.45, 2.75) is 12.8 Å². The van der Waals surface area contributed by atoms with Gasteiger partial charge in [0.25, 0.3) is 0 Å². The molecule has 1 heterocycles. The van der Waals surface area contributed by atoms with Crippen LogP contribution in [0.1, 0.15) is 12.0 Å². The summed E-state index contributed by atoms with van der Waals surface area (Å²) in [7, 11) is 5.53. The summed E-state index contributed by atoms with van der Waals surface area (Å²) in [4.78, 5) is 4.94. The quantitative estimate of drug-likeness (QED) is 0.782. The number of ether oxygens (including phenoxy) is 2. The summed E-state index contributed by atoms with van der Waals surface area (Å²) < 4.78 is 11.7. The van der Waals surface area contributed by atoms with Crippen LogP contribution in [-0.2, 0) is 6.42 Å². The van der Waals surface area contributed by atoms with Crippen molar-refractivity contribution < 1.29 is 9.47 Å². The normalized spacial score (nSPS) is 17.0. The molecule has 0 bridgehead atoms. The first-order valence-corrected chi connectivity index (χ1v) is 8.24. The van der Waals surface area contributed by atoms with Crippen LogP contribution in [0.15, 0.2) is 16.6 Å². The molecule has 4 nitrogen and oxygen atoms in total. The minimum Gasteiger partial charge on any atom is -0.493 e. The van der Waals surface area contributed by atoms with Crippen molar-refractivity contribution >= 4 is 15.9 Å². The Morgan fingerprint density at radius 1 is 1.10 bits per heavy atom. The van der Waals surface area contributed by atoms with Crippen LogP contribution in [0.4, 0.5) is 0 Å². The van der Waals surface area contributed by atoms with Gasteiger partial charge in [-0.3, -0.25) is 0 Å². The van der Waals surface area contributed by atoms with Crippen LogP contribution >= 0.6 is 15.9 Å². The molecule has 1 saturated heterocycles. The summed E-state index contributed by atoms with van der Waals surface area (Å²) in [6.07, 6.45) is 2.23. The molecule has 1 aliphatic rings. The number of likely N-dealkylation sites (N-methyl/N-ethyl adjacent to an activating group) is 1.